The average molecular weight is 507 g/mol. The first-order valence-electron chi connectivity index (χ1n) is 12.8. The van der Waals surface area contributed by atoms with E-state index in [9.17, 15) is 9.90 Å². The van der Waals surface area contributed by atoms with E-state index in [1.807, 2.05) is 134 Å². The second-order valence-electron chi connectivity index (χ2n) is 9.26. The molecular formula is C35H26N2O2. The third-order valence-electron chi connectivity index (χ3n) is 6.83. The van der Waals surface area contributed by atoms with E-state index in [1.54, 1.807) is 0 Å². The fourth-order valence-corrected chi connectivity index (χ4v) is 5.01. The molecule has 188 valence electrons. The third-order valence-corrected chi connectivity index (χ3v) is 6.83. The Hall–Kier alpha value is -5.35. The smallest absolute Gasteiger partial charge is 0.206 e. The standard InChI is InChI=1S/C35H26N2O2/c38-30(34-32(26-17-9-3-10-18-26)28(22-36-34)24-13-5-1-6-14-24)21-31(39)35-33(27-19-11-4-12-20-27)29(23-37-35)25-15-7-2-8-16-25/h1-23,36-38H/b30-21-. The van der Waals surface area contributed by atoms with E-state index in [0.717, 1.165) is 44.5 Å². The quantitative estimate of drug-likeness (QED) is 0.115. The Morgan fingerprint density at radius 2 is 0.872 bits per heavy atom. The number of hydrogen-bond acceptors (Lipinski definition) is 2. The van der Waals surface area contributed by atoms with E-state index in [1.165, 1.54) is 6.08 Å². The van der Waals surface area contributed by atoms with Crippen molar-refractivity contribution in [2.45, 2.75) is 0 Å². The second kappa shape index (κ2) is 10.6. The van der Waals surface area contributed by atoms with Crippen LogP contribution in [0.3, 0.4) is 0 Å². The largest absolute Gasteiger partial charge is 0.506 e. The summed E-state index contributed by atoms with van der Waals surface area (Å²) in [6.07, 6.45) is 5.02. The van der Waals surface area contributed by atoms with Gasteiger partial charge < -0.3 is 15.1 Å². The van der Waals surface area contributed by atoms with Crippen LogP contribution in [0.5, 0.6) is 0 Å². The van der Waals surface area contributed by atoms with Gasteiger partial charge in [-0.15, -0.1) is 0 Å². The lowest BCUT2D eigenvalue weighted by molar-refractivity contribution is 0.104. The van der Waals surface area contributed by atoms with Gasteiger partial charge in [0.1, 0.15) is 5.76 Å². The van der Waals surface area contributed by atoms with Gasteiger partial charge in [-0.1, -0.05) is 121 Å². The molecule has 0 atom stereocenters. The van der Waals surface area contributed by atoms with E-state index in [0.29, 0.717) is 11.4 Å². The number of allylic oxidation sites excluding steroid dienone is 1. The maximum Gasteiger partial charge on any atom is 0.206 e. The van der Waals surface area contributed by atoms with Crippen LogP contribution >= 0.6 is 0 Å². The molecule has 4 aromatic carbocycles. The summed E-state index contributed by atoms with van der Waals surface area (Å²) < 4.78 is 0. The Balaban J connectivity index is 1.46. The molecular weight excluding hydrogens is 480 g/mol. The number of nitrogens with one attached hydrogen (secondary N) is 2. The highest BCUT2D eigenvalue weighted by Crippen LogP contribution is 2.38. The number of carbonyl (C=O) groups is 1. The van der Waals surface area contributed by atoms with E-state index >= 15 is 0 Å². The molecule has 0 aliphatic carbocycles. The monoisotopic (exact) mass is 506 g/mol. The molecule has 0 fully saturated rings. The molecule has 0 saturated carbocycles. The van der Waals surface area contributed by atoms with Crippen molar-refractivity contribution in [1.82, 2.24) is 9.97 Å². The van der Waals surface area contributed by atoms with Crippen LogP contribution in [0.2, 0.25) is 0 Å². The molecule has 0 amide bonds. The zero-order chi connectivity index (χ0) is 26.6. The first kappa shape index (κ1) is 24.0. The molecule has 6 rings (SSSR count). The highest BCUT2D eigenvalue weighted by molar-refractivity contribution is 6.13. The Morgan fingerprint density at radius 3 is 1.31 bits per heavy atom. The number of aromatic nitrogens is 2. The van der Waals surface area contributed by atoms with E-state index < -0.39 is 0 Å². The fourth-order valence-electron chi connectivity index (χ4n) is 5.01. The van der Waals surface area contributed by atoms with Crippen molar-refractivity contribution in [2.75, 3.05) is 0 Å². The molecule has 0 spiro atoms. The van der Waals surface area contributed by atoms with Crippen LogP contribution < -0.4 is 0 Å². The number of hydrogen-bond donors (Lipinski definition) is 3. The van der Waals surface area contributed by atoms with Crippen molar-refractivity contribution in [3.63, 3.8) is 0 Å². The summed E-state index contributed by atoms with van der Waals surface area (Å²) in [5.41, 5.74) is 8.30. The van der Waals surface area contributed by atoms with Gasteiger partial charge in [0, 0.05) is 40.7 Å². The lowest BCUT2D eigenvalue weighted by atomic mass is 9.94. The molecule has 2 heterocycles. The van der Waals surface area contributed by atoms with Crippen molar-refractivity contribution in [1.29, 1.82) is 0 Å². The summed E-state index contributed by atoms with van der Waals surface area (Å²) in [5, 5.41) is 11.3. The molecule has 4 heteroatoms. The van der Waals surface area contributed by atoms with E-state index in [-0.39, 0.29) is 11.5 Å². The van der Waals surface area contributed by atoms with Gasteiger partial charge in [-0.2, -0.15) is 0 Å². The topological polar surface area (TPSA) is 68.9 Å². The molecule has 6 aromatic rings. The Kier molecular flexibility index (Phi) is 6.50. The summed E-state index contributed by atoms with van der Waals surface area (Å²) in [6, 6.07) is 39.7. The van der Waals surface area contributed by atoms with Gasteiger partial charge in [0.2, 0.25) is 5.78 Å². The first-order chi connectivity index (χ1) is 19.2. The van der Waals surface area contributed by atoms with Gasteiger partial charge in [0.25, 0.3) is 0 Å². The van der Waals surface area contributed by atoms with Crippen LogP contribution in [0.1, 0.15) is 16.2 Å². The molecule has 0 saturated heterocycles. The third kappa shape index (κ3) is 4.72. The number of aliphatic hydroxyl groups is 1. The molecule has 0 aliphatic heterocycles. The van der Waals surface area contributed by atoms with Crippen LogP contribution in [0, 0.1) is 0 Å². The number of H-pyrrole nitrogens is 2. The summed E-state index contributed by atoms with van der Waals surface area (Å²) in [6.45, 7) is 0. The van der Waals surface area contributed by atoms with Crippen molar-refractivity contribution < 1.29 is 9.90 Å². The number of aromatic amines is 2. The summed E-state index contributed by atoms with van der Waals surface area (Å²) in [7, 11) is 0. The van der Waals surface area contributed by atoms with Gasteiger partial charge in [-0.3, -0.25) is 4.79 Å². The van der Waals surface area contributed by atoms with E-state index in [4.69, 9.17) is 0 Å². The fraction of sp³-hybridized carbons (Fsp3) is 0. The van der Waals surface area contributed by atoms with Gasteiger partial charge >= 0.3 is 0 Å². The van der Waals surface area contributed by atoms with E-state index in [2.05, 4.69) is 9.97 Å². The summed E-state index contributed by atoms with van der Waals surface area (Å²) in [4.78, 5) is 20.1. The highest BCUT2D eigenvalue weighted by Gasteiger charge is 2.22. The van der Waals surface area contributed by atoms with Crippen molar-refractivity contribution in [2.24, 2.45) is 0 Å². The van der Waals surface area contributed by atoms with Gasteiger partial charge in [-0.05, 0) is 22.3 Å². The molecule has 0 bridgehead atoms. The predicted molar refractivity (Wildman–Crippen MR) is 158 cm³/mol. The lowest BCUT2D eigenvalue weighted by Crippen LogP contribution is -2.00. The molecule has 39 heavy (non-hydrogen) atoms. The summed E-state index contributed by atoms with van der Waals surface area (Å²) >= 11 is 0. The maximum atomic E-state index is 13.7. The zero-order valence-corrected chi connectivity index (χ0v) is 21.1. The Labute approximate surface area is 226 Å². The maximum absolute atomic E-state index is 13.7. The van der Waals surface area contributed by atoms with Crippen LogP contribution in [-0.4, -0.2) is 20.9 Å². The van der Waals surface area contributed by atoms with Gasteiger partial charge in [-0.25, -0.2) is 0 Å². The van der Waals surface area contributed by atoms with Crippen LogP contribution in [0.4, 0.5) is 0 Å². The van der Waals surface area contributed by atoms with Crippen LogP contribution in [-0.2, 0) is 0 Å². The number of ketones is 1. The number of rotatable bonds is 7. The molecule has 3 N–H and O–H groups in total. The van der Waals surface area contributed by atoms with Crippen LogP contribution in [0.15, 0.2) is 140 Å². The zero-order valence-electron chi connectivity index (χ0n) is 21.1. The Bertz CT molecular complexity index is 1750. The molecule has 0 unspecified atom stereocenters. The first-order valence-corrected chi connectivity index (χ1v) is 12.8. The van der Waals surface area contributed by atoms with Crippen molar-refractivity contribution in [3.05, 3.63) is 151 Å². The SMILES string of the molecule is O=C(/C=C(\O)c1[nH]cc(-c2ccccc2)c1-c1ccccc1)c1[nH]cc(-c2ccccc2)c1-c1ccccc1. The summed E-state index contributed by atoms with van der Waals surface area (Å²) in [5.74, 6) is -0.445. The normalized spacial score (nSPS) is 11.4. The van der Waals surface area contributed by atoms with Crippen molar-refractivity contribution in [3.8, 4) is 44.5 Å². The van der Waals surface area contributed by atoms with Gasteiger partial charge in [0.15, 0.2) is 0 Å². The number of benzene rings is 4. The molecule has 4 nitrogen and oxygen atoms in total. The minimum Gasteiger partial charge on any atom is -0.506 e. The lowest BCUT2D eigenvalue weighted by Gasteiger charge is -2.09. The number of aliphatic hydroxyl groups excluding tert-OH is 1. The molecule has 0 radical (unpaired) electrons. The second-order valence-corrected chi connectivity index (χ2v) is 9.26. The highest BCUT2D eigenvalue weighted by atomic mass is 16.3. The van der Waals surface area contributed by atoms with Gasteiger partial charge in [0.05, 0.1) is 11.4 Å². The minimum atomic E-state index is -0.316. The molecule has 2 aromatic heterocycles. The predicted octanol–water partition coefficient (Wildman–Crippen LogP) is 8.79. The molecule has 0 aliphatic rings. The average Bonchev–Trinajstić information content (AvgIpc) is 3.65. The number of carbonyl (C=O) groups excluding carboxylic acids is 1. The van der Waals surface area contributed by atoms with Crippen LogP contribution in [0.25, 0.3) is 50.3 Å². The minimum absolute atomic E-state index is 0.129. The van der Waals surface area contributed by atoms with Crippen molar-refractivity contribution >= 4 is 11.5 Å². The Morgan fingerprint density at radius 1 is 0.513 bits per heavy atom.